The lowest BCUT2D eigenvalue weighted by molar-refractivity contribution is -0.134. The highest BCUT2D eigenvalue weighted by molar-refractivity contribution is 5.94. The summed E-state index contributed by atoms with van der Waals surface area (Å²) in [5.74, 6) is -1.76. The summed E-state index contributed by atoms with van der Waals surface area (Å²) in [6.07, 6.45) is 1.62. The van der Waals surface area contributed by atoms with E-state index in [9.17, 15) is 24.0 Å². The normalized spacial score (nSPS) is 21.5. The average molecular weight is 623 g/mol. The molecule has 12 nitrogen and oxygen atoms in total. The number of carbonyl (C=O) groups is 5. The Kier molecular flexibility index (Phi) is 13.8. The monoisotopic (exact) mass is 622 g/mol. The number of ether oxygens (including phenoxy) is 1. The molecule has 244 valence electrons. The first-order chi connectivity index (χ1) is 21.5. The highest BCUT2D eigenvalue weighted by atomic mass is 16.5. The van der Waals surface area contributed by atoms with Crippen molar-refractivity contribution in [2.24, 2.45) is 11.7 Å². The van der Waals surface area contributed by atoms with E-state index < -0.39 is 35.8 Å². The SMILES string of the molecule is CC(C)[C@H]1NC(=O)[C@@H](C)NC(=O)[C@H](Cc2ccccc2)NC(=O)CCCN(Cc2cccc(OCC(N)=O)c2)CCCNC1=O. The molecule has 0 spiro atoms. The van der Waals surface area contributed by atoms with Crippen molar-refractivity contribution in [3.8, 4) is 5.75 Å². The third kappa shape index (κ3) is 12.2. The van der Waals surface area contributed by atoms with E-state index in [4.69, 9.17) is 10.5 Å². The minimum Gasteiger partial charge on any atom is -0.484 e. The van der Waals surface area contributed by atoms with E-state index in [1.807, 2.05) is 62.4 Å². The largest absolute Gasteiger partial charge is 0.484 e. The van der Waals surface area contributed by atoms with E-state index in [1.165, 1.54) is 0 Å². The molecular formula is C33H46N6O6. The van der Waals surface area contributed by atoms with Gasteiger partial charge in [-0.25, -0.2) is 0 Å². The van der Waals surface area contributed by atoms with E-state index in [-0.39, 0.29) is 37.2 Å². The van der Waals surface area contributed by atoms with Crippen molar-refractivity contribution in [1.82, 2.24) is 26.2 Å². The fraction of sp³-hybridized carbons (Fsp3) is 0.485. The van der Waals surface area contributed by atoms with Crippen LogP contribution in [0.25, 0.3) is 0 Å². The second-order valence-electron chi connectivity index (χ2n) is 11.7. The van der Waals surface area contributed by atoms with Gasteiger partial charge in [-0.15, -0.1) is 0 Å². The number of rotatable bonds is 8. The Hall–Kier alpha value is -4.45. The van der Waals surface area contributed by atoms with E-state index >= 15 is 0 Å². The lowest BCUT2D eigenvalue weighted by Gasteiger charge is -2.26. The summed E-state index contributed by atoms with van der Waals surface area (Å²) < 4.78 is 5.45. The molecule has 0 aliphatic carbocycles. The van der Waals surface area contributed by atoms with Crippen molar-refractivity contribution in [3.63, 3.8) is 0 Å². The van der Waals surface area contributed by atoms with Crippen molar-refractivity contribution < 1.29 is 28.7 Å². The molecule has 0 bridgehead atoms. The molecule has 0 unspecified atom stereocenters. The summed E-state index contributed by atoms with van der Waals surface area (Å²) >= 11 is 0. The van der Waals surface area contributed by atoms with Crippen molar-refractivity contribution in [2.75, 3.05) is 26.2 Å². The molecule has 3 atom stereocenters. The van der Waals surface area contributed by atoms with E-state index in [0.717, 1.165) is 11.1 Å². The molecule has 1 aliphatic heterocycles. The summed E-state index contributed by atoms with van der Waals surface area (Å²) in [6, 6.07) is 14.1. The van der Waals surface area contributed by atoms with Crippen LogP contribution in [0.1, 0.15) is 51.2 Å². The predicted molar refractivity (Wildman–Crippen MR) is 170 cm³/mol. The summed E-state index contributed by atoms with van der Waals surface area (Å²) in [4.78, 5) is 65.8. The Labute approximate surface area is 264 Å². The van der Waals surface area contributed by atoms with Crippen LogP contribution in [0, 0.1) is 5.92 Å². The quantitative estimate of drug-likeness (QED) is 0.293. The van der Waals surface area contributed by atoms with Crippen molar-refractivity contribution in [3.05, 3.63) is 65.7 Å². The van der Waals surface area contributed by atoms with Gasteiger partial charge in [-0.3, -0.25) is 28.9 Å². The topological polar surface area (TPSA) is 172 Å². The molecule has 6 N–H and O–H groups in total. The van der Waals surface area contributed by atoms with Gasteiger partial charge in [0, 0.05) is 32.5 Å². The summed E-state index contributed by atoms with van der Waals surface area (Å²) in [7, 11) is 0. The molecular weight excluding hydrogens is 576 g/mol. The van der Waals surface area contributed by atoms with Crippen LogP contribution >= 0.6 is 0 Å². The number of carbonyl (C=O) groups excluding carboxylic acids is 5. The molecule has 0 saturated carbocycles. The highest BCUT2D eigenvalue weighted by Gasteiger charge is 2.29. The molecule has 5 amide bonds. The Balaban J connectivity index is 1.78. The van der Waals surface area contributed by atoms with Gasteiger partial charge in [0.2, 0.25) is 23.6 Å². The summed E-state index contributed by atoms with van der Waals surface area (Å²) in [5, 5.41) is 11.3. The van der Waals surface area contributed by atoms with E-state index in [2.05, 4.69) is 26.2 Å². The van der Waals surface area contributed by atoms with Gasteiger partial charge in [-0.05, 0) is 55.5 Å². The van der Waals surface area contributed by atoms with Crippen LogP contribution in [-0.2, 0) is 36.9 Å². The number of primary amides is 1. The van der Waals surface area contributed by atoms with Gasteiger partial charge in [-0.2, -0.15) is 0 Å². The number of amides is 5. The molecule has 0 aromatic heterocycles. The third-order valence-corrected chi connectivity index (χ3v) is 7.45. The van der Waals surface area contributed by atoms with Crippen molar-refractivity contribution >= 4 is 29.5 Å². The first-order valence-electron chi connectivity index (χ1n) is 15.5. The number of hydrogen-bond acceptors (Lipinski definition) is 7. The lowest BCUT2D eigenvalue weighted by atomic mass is 10.0. The van der Waals surface area contributed by atoms with E-state index in [0.29, 0.717) is 44.8 Å². The molecule has 2 aromatic carbocycles. The van der Waals surface area contributed by atoms with Gasteiger partial charge in [0.1, 0.15) is 23.9 Å². The minimum absolute atomic E-state index is 0.187. The predicted octanol–water partition coefficient (Wildman–Crippen LogP) is 1.03. The fourth-order valence-corrected chi connectivity index (χ4v) is 5.02. The smallest absolute Gasteiger partial charge is 0.255 e. The van der Waals surface area contributed by atoms with Crippen LogP contribution in [-0.4, -0.2) is 78.8 Å². The Morgan fingerprint density at radius 3 is 2.33 bits per heavy atom. The Morgan fingerprint density at radius 2 is 1.62 bits per heavy atom. The maximum absolute atomic E-state index is 13.3. The molecule has 1 saturated heterocycles. The first kappa shape index (κ1) is 35.0. The Morgan fingerprint density at radius 1 is 0.911 bits per heavy atom. The first-order valence-corrected chi connectivity index (χ1v) is 15.5. The standard InChI is InChI=1S/C33H46N6O6/c1-22(2)30-33(44)35-15-9-17-39(20-25-12-7-13-26(18-25)45-21-28(34)40)16-8-14-29(41)37-27(19-24-10-5-4-6-11-24)32(43)36-23(3)31(42)38-30/h4-7,10-13,18,22-23,27,30H,8-9,14-17,19-21H2,1-3H3,(H2,34,40)(H,35,44)(H,36,43)(H,37,41)(H,38,42)/t23-,27+,30-/m1/s1. The zero-order chi connectivity index (χ0) is 32.8. The van der Waals surface area contributed by atoms with Crippen LogP contribution in [0.15, 0.2) is 54.6 Å². The van der Waals surface area contributed by atoms with Gasteiger partial charge >= 0.3 is 0 Å². The van der Waals surface area contributed by atoms with Crippen LogP contribution < -0.4 is 31.7 Å². The molecule has 2 aromatic rings. The van der Waals surface area contributed by atoms with Gasteiger partial charge in [0.05, 0.1) is 0 Å². The number of hydrogen-bond donors (Lipinski definition) is 5. The lowest BCUT2D eigenvalue weighted by Crippen LogP contribution is -2.57. The number of nitrogens with zero attached hydrogens (tertiary/aromatic N) is 1. The molecule has 1 aliphatic rings. The van der Waals surface area contributed by atoms with Gasteiger partial charge in [0.25, 0.3) is 5.91 Å². The number of nitrogens with two attached hydrogens (primary N) is 1. The average Bonchev–Trinajstić information content (AvgIpc) is 3.00. The van der Waals surface area contributed by atoms with Gasteiger partial charge in [0.15, 0.2) is 6.61 Å². The number of benzene rings is 2. The second kappa shape index (κ2) is 17.7. The molecule has 1 fully saturated rings. The molecule has 3 rings (SSSR count). The van der Waals surface area contributed by atoms with Gasteiger partial charge in [-0.1, -0.05) is 56.3 Å². The zero-order valence-electron chi connectivity index (χ0n) is 26.3. The van der Waals surface area contributed by atoms with Crippen LogP contribution in [0.4, 0.5) is 0 Å². The zero-order valence-corrected chi connectivity index (χ0v) is 26.3. The fourth-order valence-electron chi connectivity index (χ4n) is 5.02. The second-order valence-corrected chi connectivity index (χ2v) is 11.7. The van der Waals surface area contributed by atoms with Crippen molar-refractivity contribution in [2.45, 2.75) is 71.1 Å². The van der Waals surface area contributed by atoms with Crippen LogP contribution in [0.3, 0.4) is 0 Å². The maximum atomic E-state index is 13.3. The van der Waals surface area contributed by atoms with Crippen LogP contribution in [0.2, 0.25) is 0 Å². The minimum atomic E-state index is -0.922. The maximum Gasteiger partial charge on any atom is 0.255 e. The van der Waals surface area contributed by atoms with Crippen molar-refractivity contribution in [1.29, 1.82) is 0 Å². The third-order valence-electron chi connectivity index (χ3n) is 7.45. The Bertz CT molecular complexity index is 1300. The molecule has 0 radical (unpaired) electrons. The molecule has 1 heterocycles. The number of nitrogens with one attached hydrogen (secondary N) is 4. The molecule has 12 heteroatoms. The highest BCUT2D eigenvalue weighted by Crippen LogP contribution is 2.16. The summed E-state index contributed by atoms with van der Waals surface area (Å²) in [6.45, 7) is 7.17. The van der Waals surface area contributed by atoms with E-state index in [1.54, 1.807) is 13.0 Å². The van der Waals surface area contributed by atoms with Gasteiger partial charge < -0.3 is 31.7 Å². The molecule has 45 heavy (non-hydrogen) atoms. The van der Waals surface area contributed by atoms with Crippen LogP contribution in [0.5, 0.6) is 5.75 Å². The summed E-state index contributed by atoms with van der Waals surface area (Å²) in [5.41, 5.74) is 7.01.